The third kappa shape index (κ3) is 3.94. The van der Waals surface area contributed by atoms with Crippen LogP contribution in [0, 0.1) is 0 Å². The highest BCUT2D eigenvalue weighted by atomic mass is 16.5. The first kappa shape index (κ1) is 19.0. The van der Waals surface area contributed by atoms with Gasteiger partial charge < -0.3 is 23.6 Å². The van der Waals surface area contributed by atoms with Crippen LogP contribution in [0.3, 0.4) is 0 Å². The van der Waals surface area contributed by atoms with Crippen LogP contribution >= 0.6 is 0 Å². The molecule has 1 aliphatic rings. The third-order valence-electron chi connectivity index (χ3n) is 5.11. The normalized spacial score (nSPS) is 14.3. The van der Waals surface area contributed by atoms with E-state index in [1.807, 2.05) is 12.1 Å². The summed E-state index contributed by atoms with van der Waals surface area (Å²) in [7, 11) is 0. The van der Waals surface area contributed by atoms with Crippen molar-refractivity contribution in [2.24, 2.45) is 0 Å². The summed E-state index contributed by atoms with van der Waals surface area (Å²) in [4.78, 5) is 18.8. The molecule has 9 heteroatoms. The molecule has 4 rings (SSSR count). The highest BCUT2D eigenvalue weighted by Crippen LogP contribution is 2.22. The zero-order valence-corrected chi connectivity index (χ0v) is 16.6. The van der Waals surface area contributed by atoms with E-state index in [0.29, 0.717) is 37.7 Å². The van der Waals surface area contributed by atoms with Crippen molar-refractivity contribution in [3.63, 3.8) is 0 Å². The molecule has 29 heavy (non-hydrogen) atoms. The van der Waals surface area contributed by atoms with Gasteiger partial charge in [0, 0.05) is 45.3 Å². The van der Waals surface area contributed by atoms with E-state index >= 15 is 0 Å². The smallest absolute Gasteiger partial charge is 0.276 e. The Kier molecular flexibility index (Phi) is 5.46. The van der Waals surface area contributed by atoms with Gasteiger partial charge in [-0.1, -0.05) is 5.16 Å². The van der Waals surface area contributed by atoms with Crippen molar-refractivity contribution in [3.05, 3.63) is 42.3 Å². The second-order valence-corrected chi connectivity index (χ2v) is 6.75. The van der Waals surface area contributed by atoms with Gasteiger partial charge in [-0.25, -0.2) is 0 Å². The molecule has 4 heterocycles. The molecule has 0 bridgehead atoms. The van der Waals surface area contributed by atoms with E-state index in [1.165, 1.54) is 0 Å². The van der Waals surface area contributed by atoms with Crippen molar-refractivity contribution in [1.82, 2.24) is 20.3 Å². The molecule has 9 nitrogen and oxygen atoms in total. The molecule has 1 saturated heterocycles. The topological polar surface area (TPSA) is 91.7 Å². The number of aromatic nitrogens is 3. The van der Waals surface area contributed by atoms with E-state index in [1.54, 1.807) is 29.4 Å². The minimum Gasteiger partial charge on any atom is -0.461 e. The standard InChI is InChI=1S/C20H24N6O3/c1-3-24(4-2)18-7-8-19(22-21-18)25-9-11-26(12-10-25)20(27)15-14-17(29-23-15)16-6-5-13-28-16/h5-8,13-14H,3-4,9-12H2,1-2H3. The molecule has 0 radical (unpaired) electrons. The number of hydrogen-bond donors (Lipinski definition) is 0. The Morgan fingerprint density at radius 1 is 1.07 bits per heavy atom. The zero-order chi connectivity index (χ0) is 20.2. The Hall–Kier alpha value is -3.36. The van der Waals surface area contributed by atoms with E-state index < -0.39 is 0 Å². The summed E-state index contributed by atoms with van der Waals surface area (Å²) in [6.45, 7) is 8.54. The average Bonchev–Trinajstić information content (AvgIpc) is 3.47. The second kappa shape index (κ2) is 8.34. The summed E-state index contributed by atoms with van der Waals surface area (Å²) in [5.74, 6) is 2.56. The van der Waals surface area contributed by atoms with Crippen LogP contribution in [0.4, 0.5) is 11.6 Å². The van der Waals surface area contributed by atoms with E-state index in [-0.39, 0.29) is 11.6 Å². The number of piperazine rings is 1. The SMILES string of the molecule is CCN(CC)c1ccc(N2CCN(C(=O)c3cc(-c4ccco4)on3)CC2)nn1. The zero-order valence-electron chi connectivity index (χ0n) is 16.6. The maximum Gasteiger partial charge on any atom is 0.276 e. The number of amides is 1. The first-order valence-electron chi connectivity index (χ1n) is 9.83. The lowest BCUT2D eigenvalue weighted by Crippen LogP contribution is -2.49. The predicted molar refractivity (Wildman–Crippen MR) is 108 cm³/mol. The minimum absolute atomic E-state index is 0.144. The molecule has 0 saturated carbocycles. The Morgan fingerprint density at radius 2 is 1.86 bits per heavy atom. The van der Waals surface area contributed by atoms with Crippen molar-refractivity contribution in [3.8, 4) is 11.5 Å². The summed E-state index contributed by atoms with van der Waals surface area (Å²) in [5.41, 5.74) is 0.285. The van der Waals surface area contributed by atoms with Gasteiger partial charge in [-0.15, -0.1) is 10.2 Å². The molecule has 0 aromatic carbocycles. The Balaban J connectivity index is 1.36. The molecule has 1 aliphatic heterocycles. The molecular formula is C20H24N6O3. The van der Waals surface area contributed by atoms with Crippen molar-refractivity contribution in [1.29, 1.82) is 0 Å². The minimum atomic E-state index is -0.144. The van der Waals surface area contributed by atoms with Crippen LogP contribution in [0.5, 0.6) is 0 Å². The maximum atomic E-state index is 12.7. The summed E-state index contributed by atoms with van der Waals surface area (Å²) in [6.07, 6.45) is 1.55. The number of carbonyl (C=O) groups excluding carboxylic acids is 1. The number of hydrogen-bond acceptors (Lipinski definition) is 8. The van der Waals surface area contributed by atoms with Gasteiger partial charge in [0.1, 0.15) is 0 Å². The Bertz CT molecular complexity index is 926. The van der Waals surface area contributed by atoms with Gasteiger partial charge >= 0.3 is 0 Å². The molecule has 1 fully saturated rings. The second-order valence-electron chi connectivity index (χ2n) is 6.75. The van der Waals surface area contributed by atoms with E-state index in [4.69, 9.17) is 8.94 Å². The molecule has 1 amide bonds. The lowest BCUT2D eigenvalue weighted by Gasteiger charge is -2.34. The van der Waals surface area contributed by atoms with Gasteiger partial charge in [-0.2, -0.15) is 0 Å². The van der Waals surface area contributed by atoms with Gasteiger partial charge in [0.05, 0.1) is 6.26 Å². The average molecular weight is 396 g/mol. The molecule has 0 spiro atoms. The fourth-order valence-electron chi connectivity index (χ4n) is 3.41. The van der Waals surface area contributed by atoms with Gasteiger partial charge in [0.2, 0.25) is 5.76 Å². The molecule has 0 aliphatic carbocycles. The van der Waals surface area contributed by atoms with Gasteiger partial charge in [-0.05, 0) is 38.1 Å². The molecule has 0 atom stereocenters. The molecule has 3 aromatic heterocycles. The number of furan rings is 1. The first-order valence-corrected chi connectivity index (χ1v) is 9.83. The Labute approximate surface area is 168 Å². The number of rotatable bonds is 6. The van der Waals surface area contributed by atoms with Gasteiger partial charge in [0.15, 0.2) is 23.1 Å². The molecule has 3 aromatic rings. The lowest BCUT2D eigenvalue weighted by atomic mass is 10.2. The van der Waals surface area contributed by atoms with E-state index in [9.17, 15) is 4.79 Å². The summed E-state index contributed by atoms with van der Waals surface area (Å²) in [5, 5.41) is 12.6. The van der Waals surface area contributed by atoms with Crippen LogP contribution in [0.2, 0.25) is 0 Å². The summed E-state index contributed by atoms with van der Waals surface area (Å²) < 4.78 is 10.5. The van der Waals surface area contributed by atoms with Crippen LogP contribution in [0.15, 0.2) is 45.5 Å². The van der Waals surface area contributed by atoms with Gasteiger partial charge in [0.25, 0.3) is 5.91 Å². The summed E-state index contributed by atoms with van der Waals surface area (Å²) in [6, 6.07) is 9.13. The fourth-order valence-corrected chi connectivity index (χ4v) is 3.41. The van der Waals surface area contributed by atoms with Crippen molar-refractivity contribution < 1.29 is 13.7 Å². The Morgan fingerprint density at radius 3 is 2.48 bits per heavy atom. The molecule has 152 valence electrons. The van der Waals surface area contributed by atoms with Gasteiger partial charge in [-0.3, -0.25) is 4.79 Å². The number of nitrogens with zero attached hydrogens (tertiary/aromatic N) is 6. The monoisotopic (exact) mass is 396 g/mol. The maximum absolute atomic E-state index is 12.7. The largest absolute Gasteiger partial charge is 0.461 e. The highest BCUT2D eigenvalue weighted by Gasteiger charge is 2.26. The first-order chi connectivity index (χ1) is 14.2. The van der Waals surface area contributed by atoms with Crippen molar-refractivity contribution in [2.75, 3.05) is 49.1 Å². The predicted octanol–water partition coefficient (Wildman–Crippen LogP) is 2.53. The van der Waals surface area contributed by atoms with Crippen molar-refractivity contribution >= 4 is 17.5 Å². The van der Waals surface area contributed by atoms with Crippen LogP contribution in [0.25, 0.3) is 11.5 Å². The molecule has 0 N–H and O–H groups in total. The van der Waals surface area contributed by atoms with Crippen molar-refractivity contribution in [2.45, 2.75) is 13.8 Å². The van der Waals surface area contributed by atoms with E-state index in [2.05, 4.69) is 39.0 Å². The fraction of sp³-hybridized carbons (Fsp3) is 0.400. The third-order valence-corrected chi connectivity index (χ3v) is 5.11. The quantitative estimate of drug-likeness (QED) is 0.628. The van der Waals surface area contributed by atoms with Crippen LogP contribution in [-0.2, 0) is 0 Å². The highest BCUT2D eigenvalue weighted by molar-refractivity contribution is 5.93. The molecule has 0 unspecified atom stereocenters. The lowest BCUT2D eigenvalue weighted by molar-refractivity contribution is 0.0736. The summed E-state index contributed by atoms with van der Waals surface area (Å²) >= 11 is 0. The number of carbonyl (C=O) groups is 1. The van der Waals surface area contributed by atoms with Crippen LogP contribution in [0.1, 0.15) is 24.3 Å². The van der Waals surface area contributed by atoms with E-state index in [0.717, 1.165) is 24.7 Å². The van der Waals surface area contributed by atoms with Crippen LogP contribution in [-0.4, -0.2) is 65.4 Å². The van der Waals surface area contributed by atoms with Crippen LogP contribution < -0.4 is 9.80 Å². The molecular weight excluding hydrogens is 372 g/mol. The number of anilines is 2.